The lowest BCUT2D eigenvalue weighted by Crippen LogP contribution is -2.56. The number of hydrogen-bond donors (Lipinski definition) is 0. The molecule has 5 heteroatoms. The number of β-lactam (4-membered cyclic amide) rings is 1. The minimum Gasteiger partial charge on any atom is -0.273 e. The van der Waals surface area contributed by atoms with Crippen molar-refractivity contribution in [2.45, 2.75) is 17.9 Å². The molecule has 0 aromatic heterocycles. The van der Waals surface area contributed by atoms with Crippen molar-refractivity contribution in [3.05, 3.63) is 108 Å². The first-order valence-electron chi connectivity index (χ1n) is 9.41. The van der Waals surface area contributed by atoms with Gasteiger partial charge in [-0.1, -0.05) is 90.5 Å². The lowest BCUT2D eigenvalue weighted by atomic mass is 9.84. The minimum atomic E-state index is -3.93. The number of nitrogens with zero attached hydrogens (tertiary/aromatic N) is 1. The van der Waals surface area contributed by atoms with Crippen molar-refractivity contribution in [3.8, 4) is 0 Å². The second kappa shape index (κ2) is 7.68. The minimum absolute atomic E-state index is 0.128. The maximum Gasteiger partial charge on any atom is 0.267 e. The predicted molar refractivity (Wildman–Crippen MR) is 113 cm³/mol. The van der Waals surface area contributed by atoms with Gasteiger partial charge < -0.3 is 0 Å². The van der Waals surface area contributed by atoms with Gasteiger partial charge in [0.25, 0.3) is 10.0 Å². The number of amides is 1. The smallest absolute Gasteiger partial charge is 0.267 e. The molecule has 1 aliphatic rings. The fourth-order valence-electron chi connectivity index (χ4n) is 3.53. The molecule has 3 aromatic carbocycles. The van der Waals surface area contributed by atoms with Crippen LogP contribution in [0.25, 0.3) is 6.08 Å². The van der Waals surface area contributed by atoms with Crippen LogP contribution in [-0.4, -0.2) is 18.6 Å². The Morgan fingerprint density at radius 2 is 1.41 bits per heavy atom. The van der Waals surface area contributed by atoms with E-state index in [2.05, 4.69) is 0 Å². The van der Waals surface area contributed by atoms with Gasteiger partial charge in [-0.2, -0.15) is 0 Å². The highest BCUT2D eigenvalue weighted by atomic mass is 32.2. The molecular formula is C24H21NO3S. The molecule has 2 atom stereocenters. The van der Waals surface area contributed by atoms with Gasteiger partial charge in [0.2, 0.25) is 5.91 Å². The molecule has 0 bridgehead atoms. The lowest BCUT2D eigenvalue weighted by Gasteiger charge is -2.45. The summed E-state index contributed by atoms with van der Waals surface area (Å²) in [4.78, 5) is 13.1. The first kappa shape index (κ1) is 19.2. The summed E-state index contributed by atoms with van der Waals surface area (Å²) in [5.41, 5.74) is 2.72. The van der Waals surface area contributed by atoms with E-state index in [0.29, 0.717) is 0 Å². The quantitative estimate of drug-likeness (QED) is 0.585. The standard InChI is InChI=1S/C24H21NO3S/c1-18-12-15-21(16-13-18)29(27,28)25-23(20-10-6-3-7-11-20)22(24(25)26)17-14-19-8-4-2-5-9-19/h2-17,22-23H,1H3/b17-14+/t22-,23-/m1/s1. The summed E-state index contributed by atoms with van der Waals surface area (Å²) in [7, 11) is -3.93. The van der Waals surface area contributed by atoms with Crippen molar-refractivity contribution < 1.29 is 13.2 Å². The van der Waals surface area contributed by atoms with Crippen molar-refractivity contribution >= 4 is 22.0 Å². The molecule has 1 heterocycles. The van der Waals surface area contributed by atoms with Crippen LogP contribution in [0, 0.1) is 12.8 Å². The summed E-state index contributed by atoms with van der Waals surface area (Å²) >= 11 is 0. The number of aryl methyl sites for hydroxylation is 1. The zero-order valence-electron chi connectivity index (χ0n) is 16.0. The molecule has 0 unspecified atom stereocenters. The third-order valence-electron chi connectivity index (χ3n) is 5.11. The molecule has 29 heavy (non-hydrogen) atoms. The average molecular weight is 404 g/mol. The lowest BCUT2D eigenvalue weighted by molar-refractivity contribution is -0.143. The number of carbonyl (C=O) groups is 1. The summed E-state index contributed by atoms with van der Waals surface area (Å²) in [5, 5.41) is 0. The molecule has 1 fully saturated rings. The highest BCUT2D eigenvalue weighted by molar-refractivity contribution is 7.89. The number of sulfonamides is 1. The Bertz CT molecular complexity index is 1140. The highest BCUT2D eigenvalue weighted by Crippen LogP contribution is 2.44. The van der Waals surface area contributed by atoms with Crippen LogP contribution < -0.4 is 0 Å². The van der Waals surface area contributed by atoms with E-state index in [9.17, 15) is 13.2 Å². The topological polar surface area (TPSA) is 54.5 Å². The van der Waals surface area contributed by atoms with Gasteiger partial charge in [-0.05, 0) is 30.2 Å². The summed E-state index contributed by atoms with van der Waals surface area (Å²) in [5.74, 6) is -0.940. The van der Waals surface area contributed by atoms with Gasteiger partial charge in [-0.15, -0.1) is 0 Å². The van der Waals surface area contributed by atoms with E-state index in [-0.39, 0.29) is 4.90 Å². The third kappa shape index (κ3) is 3.61. The molecule has 0 radical (unpaired) electrons. The van der Waals surface area contributed by atoms with Gasteiger partial charge in [0.15, 0.2) is 0 Å². The van der Waals surface area contributed by atoms with Crippen LogP contribution in [0.5, 0.6) is 0 Å². The first-order valence-corrected chi connectivity index (χ1v) is 10.9. The molecule has 0 N–H and O–H groups in total. The summed E-state index contributed by atoms with van der Waals surface area (Å²) < 4.78 is 27.5. The van der Waals surface area contributed by atoms with Crippen molar-refractivity contribution in [3.63, 3.8) is 0 Å². The van der Waals surface area contributed by atoms with Crippen molar-refractivity contribution in [2.24, 2.45) is 5.92 Å². The number of carbonyl (C=O) groups excluding carboxylic acids is 1. The zero-order chi connectivity index (χ0) is 20.4. The Kier molecular flexibility index (Phi) is 5.07. The molecule has 0 saturated carbocycles. The van der Waals surface area contributed by atoms with Gasteiger partial charge in [0, 0.05) is 0 Å². The fourth-order valence-corrected chi connectivity index (χ4v) is 5.15. The van der Waals surface area contributed by atoms with E-state index in [1.54, 1.807) is 30.3 Å². The van der Waals surface area contributed by atoms with Crippen LogP contribution in [0.2, 0.25) is 0 Å². The van der Waals surface area contributed by atoms with Crippen LogP contribution in [0.3, 0.4) is 0 Å². The molecular weight excluding hydrogens is 382 g/mol. The van der Waals surface area contributed by atoms with E-state index >= 15 is 0 Å². The second-order valence-corrected chi connectivity index (χ2v) is 8.92. The van der Waals surface area contributed by atoms with E-state index in [1.165, 1.54) is 0 Å². The van der Waals surface area contributed by atoms with E-state index < -0.39 is 27.9 Å². The maximum atomic E-state index is 13.2. The maximum absolute atomic E-state index is 13.2. The SMILES string of the molecule is Cc1ccc(S(=O)(=O)N2C(=O)[C@H](/C=C/c3ccccc3)[C@H]2c2ccccc2)cc1. The number of hydrogen-bond acceptors (Lipinski definition) is 3. The van der Waals surface area contributed by atoms with E-state index in [1.807, 2.05) is 73.7 Å². The van der Waals surface area contributed by atoms with Crippen LogP contribution >= 0.6 is 0 Å². The zero-order valence-corrected chi connectivity index (χ0v) is 16.8. The Labute approximate surface area is 171 Å². The van der Waals surface area contributed by atoms with Gasteiger partial charge in [-0.25, -0.2) is 12.7 Å². The molecule has 146 valence electrons. The van der Waals surface area contributed by atoms with Crippen molar-refractivity contribution in [1.29, 1.82) is 0 Å². The van der Waals surface area contributed by atoms with Gasteiger partial charge in [-0.3, -0.25) is 4.79 Å². The largest absolute Gasteiger partial charge is 0.273 e. The van der Waals surface area contributed by atoms with Gasteiger partial charge in [0.05, 0.1) is 16.9 Å². The van der Waals surface area contributed by atoms with Gasteiger partial charge in [0.1, 0.15) is 0 Å². The molecule has 0 aliphatic carbocycles. The molecule has 4 nitrogen and oxygen atoms in total. The molecule has 3 aromatic rings. The summed E-state index contributed by atoms with van der Waals surface area (Å²) in [6.07, 6.45) is 3.67. The Morgan fingerprint density at radius 1 is 0.828 bits per heavy atom. The fraction of sp³-hybridized carbons (Fsp3) is 0.125. The third-order valence-corrected chi connectivity index (χ3v) is 6.90. The molecule has 4 rings (SSSR count). The van der Waals surface area contributed by atoms with Crippen LogP contribution in [-0.2, 0) is 14.8 Å². The summed E-state index contributed by atoms with van der Waals surface area (Å²) in [6, 6.07) is 25.0. The van der Waals surface area contributed by atoms with Crippen molar-refractivity contribution in [2.75, 3.05) is 0 Å². The number of benzene rings is 3. The Morgan fingerprint density at radius 3 is 2.03 bits per heavy atom. The van der Waals surface area contributed by atoms with E-state index in [4.69, 9.17) is 0 Å². The molecule has 1 amide bonds. The van der Waals surface area contributed by atoms with Crippen molar-refractivity contribution in [1.82, 2.24) is 4.31 Å². The van der Waals surface area contributed by atoms with Crippen LogP contribution in [0.4, 0.5) is 0 Å². The first-order chi connectivity index (χ1) is 14.0. The summed E-state index contributed by atoms with van der Waals surface area (Å²) in [6.45, 7) is 1.89. The molecule has 1 aliphatic heterocycles. The van der Waals surface area contributed by atoms with Crippen LogP contribution in [0.1, 0.15) is 22.7 Å². The van der Waals surface area contributed by atoms with Crippen LogP contribution in [0.15, 0.2) is 95.9 Å². The highest BCUT2D eigenvalue weighted by Gasteiger charge is 2.53. The Balaban J connectivity index is 1.71. The van der Waals surface area contributed by atoms with Gasteiger partial charge >= 0.3 is 0 Å². The van der Waals surface area contributed by atoms with E-state index in [0.717, 1.165) is 21.0 Å². The monoisotopic (exact) mass is 403 g/mol. The average Bonchev–Trinajstić information content (AvgIpc) is 2.73. The molecule has 1 saturated heterocycles. The predicted octanol–water partition coefficient (Wildman–Crippen LogP) is 4.60. The number of rotatable bonds is 5. The molecule has 0 spiro atoms. The second-order valence-electron chi connectivity index (χ2n) is 7.10. The Hall–Kier alpha value is -3.18. The normalized spacial score (nSPS) is 19.3.